The lowest BCUT2D eigenvalue weighted by molar-refractivity contribution is 0.0464. The Labute approximate surface area is 654 Å². The van der Waals surface area contributed by atoms with E-state index >= 15 is 0 Å². The van der Waals surface area contributed by atoms with E-state index in [1.165, 1.54) is 0 Å². The Morgan fingerprint density at radius 1 is 0.316 bits per heavy atom. The van der Waals surface area contributed by atoms with Gasteiger partial charge < -0.3 is 28.1 Å². The molecule has 0 unspecified atom stereocenters. The maximum atomic E-state index is 14.1. The van der Waals surface area contributed by atoms with Gasteiger partial charge in [-0.25, -0.2) is 43.8 Å². The highest BCUT2D eigenvalue weighted by Gasteiger charge is 2.26. The van der Waals surface area contributed by atoms with E-state index in [1.54, 1.807) is 66.7 Å². The molecule has 16 heteroatoms. The molecule has 0 fully saturated rings. The Morgan fingerprint density at radius 3 is 1.08 bits per heavy atom. The monoisotopic (exact) mass is 1480 g/mol. The minimum atomic E-state index is -0.534. The number of benzene rings is 14. The number of para-hydroxylation sites is 1. The zero-order chi connectivity index (χ0) is 77.6. The molecule has 3 aromatic heterocycles. The van der Waals surface area contributed by atoms with Crippen LogP contribution in [0.5, 0.6) is 0 Å². The Bertz CT molecular complexity index is 6240. The zero-order valence-corrected chi connectivity index (χ0v) is 60.8. The third-order valence-electron chi connectivity index (χ3n) is 20.0. The predicted octanol–water partition coefficient (Wildman–Crippen LogP) is 22.5. The second kappa shape index (κ2) is 31.3. The van der Waals surface area contributed by atoms with Crippen molar-refractivity contribution in [3.8, 4) is 85.0 Å². The predicted molar refractivity (Wildman–Crippen MR) is 441 cm³/mol. The fourth-order valence-corrected chi connectivity index (χ4v) is 14.4. The van der Waals surface area contributed by atoms with Crippen LogP contribution in [-0.4, -0.2) is 48.0 Å². The van der Waals surface area contributed by atoms with E-state index in [0.29, 0.717) is 139 Å². The summed E-state index contributed by atoms with van der Waals surface area (Å²) in [5.74, 6) is -1.36. The van der Waals surface area contributed by atoms with E-state index in [0.717, 1.165) is 27.8 Å². The number of carbonyl (C=O) groups is 4. The number of aromatic nitrogens is 5. The van der Waals surface area contributed by atoms with Gasteiger partial charge in [0, 0.05) is 49.6 Å². The molecule has 0 aliphatic carbocycles. The summed E-state index contributed by atoms with van der Waals surface area (Å²) in [6.45, 7) is 16.7. The number of fused-ring (bicyclic) bond motifs is 6. The van der Waals surface area contributed by atoms with Crippen LogP contribution in [0.3, 0.4) is 0 Å². The molecule has 0 saturated carbocycles. The van der Waals surface area contributed by atoms with Crippen molar-refractivity contribution in [2.45, 2.75) is 26.4 Å². The molecule has 0 amide bonds. The van der Waals surface area contributed by atoms with Gasteiger partial charge in [-0.05, 0) is 189 Å². The van der Waals surface area contributed by atoms with Crippen molar-refractivity contribution in [3.63, 3.8) is 0 Å². The van der Waals surface area contributed by atoms with Gasteiger partial charge >= 0.3 is 23.9 Å². The molecule has 0 spiro atoms. The maximum absolute atomic E-state index is 14.1. The largest absolute Gasteiger partial charge is 0.457 e. The lowest BCUT2D eigenvalue weighted by atomic mass is 9.96. The van der Waals surface area contributed by atoms with Gasteiger partial charge in [-0.15, -0.1) is 0 Å². The summed E-state index contributed by atoms with van der Waals surface area (Å²) < 4.78 is 27.6. The molecule has 14 aromatic carbocycles. The van der Waals surface area contributed by atoms with Crippen LogP contribution in [0.4, 0.5) is 11.4 Å². The molecule has 16 nitrogen and oxygen atoms in total. The summed E-state index contributed by atoms with van der Waals surface area (Å²) >= 11 is 0. The van der Waals surface area contributed by atoms with E-state index < -0.39 is 23.9 Å². The minimum Gasteiger partial charge on any atom is -0.457 e. The molecule has 114 heavy (non-hydrogen) atoms. The second-order valence-electron chi connectivity index (χ2n) is 27.2. The molecule has 0 aliphatic heterocycles. The molecule has 0 radical (unpaired) electrons. The van der Waals surface area contributed by atoms with Crippen molar-refractivity contribution in [1.82, 2.24) is 24.1 Å². The Balaban J connectivity index is 0.849. The molecular formula is C98H62N8O8. The molecule has 3 heterocycles. The fraction of sp³-hybridized carbons (Fsp3) is 0.0408. The summed E-state index contributed by atoms with van der Waals surface area (Å²) in [6, 6.07) is 103. The number of nitrogens with zero attached hydrogens (tertiary/aromatic N) is 8. The third kappa shape index (κ3) is 14.4. The topological polar surface area (TPSA) is 186 Å². The lowest BCUT2D eigenvalue weighted by Crippen LogP contribution is -2.05. The van der Waals surface area contributed by atoms with Crippen LogP contribution in [0, 0.1) is 24.5 Å². The van der Waals surface area contributed by atoms with Gasteiger partial charge in [0.25, 0.3) is 0 Å². The standard InChI is InChI=1S/C98H62N8O8/c1-100-75-33-19-31-69(50-75)82-56-77(106-90-46-38-73(97(109)113-60-64-24-11-5-12-25-64)53-85(90)86-54-74(39-47-91(86)106)98(110)114-61-65-26-13-6-14-27-65)41-43-80(82)94-103-92(70-32-18-30-68(49-70)78-34-15-16-35-87(78)101-2)102-93(104-94)79-42-40-76(55-81(79)67-29-17-28-66(48-67)57-99)105-88-44-36-71(95(107)111-58-62-20-7-3-8-21-62)51-83(88)84-52-72(37-45-89(84)105)96(108)112-59-63-22-9-4-10-23-63/h3-56H,58-61H2. The molecule has 17 rings (SSSR count). The van der Waals surface area contributed by atoms with Crippen LogP contribution in [0.1, 0.15) is 69.2 Å². The minimum absolute atomic E-state index is 0.0573. The van der Waals surface area contributed by atoms with Crippen LogP contribution in [0.25, 0.3) is 132 Å². The third-order valence-corrected chi connectivity index (χ3v) is 20.0. The molecule has 17 aromatic rings. The quantitative estimate of drug-likeness (QED) is 0.0400. The normalized spacial score (nSPS) is 11.1. The van der Waals surface area contributed by atoms with Crippen molar-refractivity contribution in [3.05, 3.63) is 400 Å². The van der Waals surface area contributed by atoms with Gasteiger partial charge in [0.2, 0.25) is 0 Å². The maximum Gasteiger partial charge on any atom is 0.338 e. The summed E-state index contributed by atoms with van der Waals surface area (Å²) in [4.78, 5) is 80.3. The highest BCUT2D eigenvalue weighted by Crippen LogP contribution is 2.43. The molecule has 0 bridgehead atoms. The first-order valence-electron chi connectivity index (χ1n) is 36.6. The lowest BCUT2D eigenvalue weighted by Gasteiger charge is -2.17. The van der Waals surface area contributed by atoms with Crippen molar-refractivity contribution in [1.29, 1.82) is 5.26 Å². The summed E-state index contributed by atoms with van der Waals surface area (Å²) in [5.41, 5.74) is 15.6. The number of hydrogen-bond donors (Lipinski definition) is 0. The van der Waals surface area contributed by atoms with Crippen LogP contribution in [0.2, 0.25) is 0 Å². The van der Waals surface area contributed by atoms with E-state index in [4.69, 9.17) is 47.0 Å². The molecular weight excluding hydrogens is 1420 g/mol. The molecule has 0 saturated heterocycles. The Hall–Kier alpha value is -16.0. The van der Waals surface area contributed by atoms with Gasteiger partial charge in [-0.3, -0.25) is 0 Å². The Morgan fingerprint density at radius 2 is 0.675 bits per heavy atom. The van der Waals surface area contributed by atoms with Crippen LogP contribution in [-0.2, 0) is 45.4 Å². The molecule has 0 atom stereocenters. The van der Waals surface area contributed by atoms with Crippen molar-refractivity contribution in [2.24, 2.45) is 0 Å². The zero-order valence-electron chi connectivity index (χ0n) is 60.8. The highest BCUT2D eigenvalue weighted by molar-refractivity contribution is 6.15. The number of carbonyl (C=O) groups excluding carboxylic acids is 4. The van der Waals surface area contributed by atoms with Gasteiger partial charge in [0.1, 0.15) is 26.4 Å². The number of nitriles is 1. The number of hydrogen-bond acceptors (Lipinski definition) is 12. The first kappa shape index (κ1) is 71.0. The van der Waals surface area contributed by atoms with Crippen molar-refractivity contribution >= 4 is 78.9 Å². The Kier molecular flexibility index (Phi) is 19.5. The first-order chi connectivity index (χ1) is 56.0. The van der Waals surface area contributed by atoms with Crippen molar-refractivity contribution < 1.29 is 38.1 Å². The molecule has 542 valence electrons. The summed E-state index contributed by atoms with van der Waals surface area (Å²) in [5, 5.41) is 13.2. The van der Waals surface area contributed by atoms with E-state index in [2.05, 4.69) is 24.9 Å². The van der Waals surface area contributed by atoms with Crippen LogP contribution in [0.15, 0.2) is 328 Å². The van der Waals surface area contributed by atoms with Gasteiger partial charge in [-0.1, -0.05) is 194 Å². The smallest absolute Gasteiger partial charge is 0.338 e. The molecule has 0 aliphatic rings. The first-order valence-corrected chi connectivity index (χ1v) is 36.6. The van der Waals surface area contributed by atoms with E-state index in [-0.39, 0.29) is 43.9 Å². The van der Waals surface area contributed by atoms with E-state index in [9.17, 15) is 24.4 Å². The molecule has 0 N–H and O–H groups in total. The van der Waals surface area contributed by atoms with Crippen LogP contribution >= 0.6 is 0 Å². The van der Waals surface area contributed by atoms with Gasteiger partial charge in [-0.2, -0.15) is 5.26 Å². The summed E-state index contributed by atoms with van der Waals surface area (Å²) in [6.07, 6.45) is 0. The van der Waals surface area contributed by atoms with E-state index in [1.807, 2.05) is 261 Å². The van der Waals surface area contributed by atoms with Crippen LogP contribution < -0.4 is 0 Å². The highest BCUT2D eigenvalue weighted by atomic mass is 16.5. The van der Waals surface area contributed by atoms with Gasteiger partial charge in [0.05, 0.1) is 69.1 Å². The number of ether oxygens (including phenoxy) is 4. The summed E-state index contributed by atoms with van der Waals surface area (Å²) in [7, 11) is 0. The average Bonchev–Trinajstić information content (AvgIpc) is 1.54. The van der Waals surface area contributed by atoms with Gasteiger partial charge in [0.15, 0.2) is 28.8 Å². The average molecular weight is 1480 g/mol. The SMILES string of the molecule is [C-]#[N+]c1cccc(-c2cc(-n3c4ccc(C(=O)OCc5ccccc5)cc4c4cc(C(=O)OCc5ccccc5)ccc43)ccc2-c2nc(-c3cccc(-c4ccccc4[N+]#[C-])c3)nc(-c3ccc(-n4c5ccc(C(=O)OCc6ccccc6)cc5c5cc(C(=O)OCc6ccccc6)ccc54)cc3-c3cccc(C#N)c3)n2)c1. The number of esters is 4. The van der Waals surface area contributed by atoms with Crippen molar-refractivity contribution in [2.75, 3.05) is 0 Å². The second-order valence-corrected chi connectivity index (χ2v) is 27.2. The fourth-order valence-electron chi connectivity index (χ4n) is 14.4. The number of rotatable bonds is 20.